The minimum atomic E-state index is -4.80. The molecule has 22 heavy (non-hydrogen) atoms. The predicted molar refractivity (Wildman–Crippen MR) is 81.1 cm³/mol. The topological polar surface area (TPSA) is 37.3 Å². The summed E-state index contributed by atoms with van der Waals surface area (Å²) >= 11 is 2.02. The van der Waals surface area contributed by atoms with Gasteiger partial charge < -0.3 is 9.38 Å². The number of benzene rings is 1. The summed E-state index contributed by atoms with van der Waals surface area (Å²) in [5, 5.41) is 0. The van der Waals surface area contributed by atoms with Crippen LogP contribution in [0.25, 0.3) is 16.8 Å². The number of aromatic nitrogens is 2. The molecule has 0 amide bonds. The lowest BCUT2D eigenvalue weighted by atomic mass is 10.1. The number of nitrogens with zero attached hydrogens (tertiary/aromatic N) is 1. The normalized spacial score (nSPS) is 12.0. The fraction of sp³-hybridized carbons (Fsp3) is 0.0714. The van der Waals surface area contributed by atoms with Gasteiger partial charge in [0.1, 0.15) is 11.3 Å². The van der Waals surface area contributed by atoms with E-state index in [4.69, 9.17) is 0 Å². The summed E-state index contributed by atoms with van der Waals surface area (Å²) in [6.07, 6.45) is -1.64. The average Bonchev–Trinajstić information content (AvgIpc) is 2.79. The quantitative estimate of drug-likeness (QED) is 0.467. The first-order valence-corrected chi connectivity index (χ1v) is 7.11. The number of halogens is 5. The zero-order valence-corrected chi connectivity index (χ0v) is 12.9. The number of rotatable bonds is 1. The summed E-state index contributed by atoms with van der Waals surface area (Å²) in [5.74, 6) is -1.35. The van der Waals surface area contributed by atoms with E-state index in [-0.39, 0.29) is 11.3 Å². The Morgan fingerprint density at radius 2 is 1.86 bits per heavy atom. The maximum absolute atomic E-state index is 13.3. The Morgan fingerprint density at radius 1 is 1.14 bits per heavy atom. The number of alkyl halides is 3. The van der Waals surface area contributed by atoms with Gasteiger partial charge in [-0.1, -0.05) is 0 Å². The van der Waals surface area contributed by atoms with Gasteiger partial charge in [-0.2, -0.15) is 13.2 Å². The van der Waals surface area contributed by atoms with Gasteiger partial charge in [-0.3, -0.25) is 4.79 Å². The molecule has 1 N–H and O–H groups in total. The fourth-order valence-electron chi connectivity index (χ4n) is 2.15. The van der Waals surface area contributed by atoms with Crippen molar-refractivity contribution in [1.82, 2.24) is 9.38 Å². The summed E-state index contributed by atoms with van der Waals surface area (Å²) < 4.78 is 53.9. The second-order valence-electron chi connectivity index (χ2n) is 4.64. The molecule has 0 aliphatic rings. The van der Waals surface area contributed by atoms with Crippen LogP contribution in [-0.2, 0) is 6.18 Å². The summed E-state index contributed by atoms with van der Waals surface area (Å²) in [4.78, 5) is 14.5. The number of hydrogen-bond donors (Lipinski definition) is 1. The third-order valence-corrected chi connectivity index (χ3v) is 3.74. The minimum absolute atomic E-state index is 0.0800. The highest BCUT2D eigenvalue weighted by atomic mass is 127. The van der Waals surface area contributed by atoms with Crippen molar-refractivity contribution >= 4 is 28.1 Å². The first kappa shape index (κ1) is 15.1. The van der Waals surface area contributed by atoms with Crippen molar-refractivity contribution in [3.63, 3.8) is 0 Å². The van der Waals surface area contributed by atoms with E-state index in [1.807, 2.05) is 22.6 Å². The van der Waals surface area contributed by atoms with Crippen LogP contribution in [0, 0.1) is 9.39 Å². The summed E-state index contributed by atoms with van der Waals surface area (Å²) in [5.41, 5.74) is -1.16. The molecule has 0 atom stereocenters. The highest BCUT2D eigenvalue weighted by Crippen LogP contribution is 2.33. The standard InChI is InChI=1S/C14H7F4IN2O/c15-10-2-1-7(3-9(10)14(16,17)18)11-6-21-5-8(19)4-12(21)13(22)20-11/h1-6H,(H,20,22). The van der Waals surface area contributed by atoms with Crippen LogP contribution in [0.2, 0.25) is 0 Å². The molecule has 0 aliphatic heterocycles. The maximum Gasteiger partial charge on any atom is 0.419 e. The lowest BCUT2D eigenvalue weighted by Gasteiger charge is -2.10. The van der Waals surface area contributed by atoms with Crippen LogP contribution in [-0.4, -0.2) is 9.38 Å². The molecule has 0 saturated heterocycles. The number of fused-ring (bicyclic) bond motifs is 1. The molecule has 0 aliphatic carbocycles. The Morgan fingerprint density at radius 3 is 2.55 bits per heavy atom. The van der Waals surface area contributed by atoms with Crippen LogP contribution in [0.4, 0.5) is 17.6 Å². The van der Waals surface area contributed by atoms with E-state index in [0.29, 0.717) is 11.6 Å². The largest absolute Gasteiger partial charge is 0.419 e. The first-order chi connectivity index (χ1) is 10.3. The third-order valence-electron chi connectivity index (χ3n) is 3.15. The molecular weight excluding hydrogens is 415 g/mol. The summed E-state index contributed by atoms with van der Waals surface area (Å²) in [6, 6.07) is 4.26. The molecule has 1 aromatic carbocycles. The fourth-order valence-corrected chi connectivity index (χ4v) is 2.74. The van der Waals surface area contributed by atoms with Crippen LogP contribution in [0.3, 0.4) is 0 Å². The monoisotopic (exact) mass is 422 g/mol. The van der Waals surface area contributed by atoms with E-state index in [9.17, 15) is 22.4 Å². The molecule has 0 unspecified atom stereocenters. The second-order valence-corrected chi connectivity index (χ2v) is 5.89. The molecule has 0 saturated carbocycles. The van der Waals surface area contributed by atoms with Crippen LogP contribution < -0.4 is 5.56 Å². The van der Waals surface area contributed by atoms with Gasteiger partial charge in [0.25, 0.3) is 5.56 Å². The molecule has 3 nitrogen and oxygen atoms in total. The Bertz CT molecular complexity index is 927. The van der Waals surface area contributed by atoms with Gasteiger partial charge in [-0.05, 0) is 46.9 Å². The van der Waals surface area contributed by atoms with Gasteiger partial charge in [0.15, 0.2) is 0 Å². The van der Waals surface area contributed by atoms with Gasteiger partial charge in [0, 0.05) is 21.5 Å². The van der Waals surface area contributed by atoms with Crippen molar-refractivity contribution in [2.45, 2.75) is 6.18 Å². The van der Waals surface area contributed by atoms with E-state index in [0.717, 1.165) is 9.64 Å². The zero-order chi connectivity index (χ0) is 16.1. The molecule has 3 rings (SSSR count). The third kappa shape index (κ3) is 2.62. The van der Waals surface area contributed by atoms with Crippen LogP contribution >= 0.6 is 22.6 Å². The molecule has 0 fully saturated rings. The Kier molecular flexibility index (Phi) is 3.50. The molecule has 0 spiro atoms. The van der Waals surface area contributed by atoms with Gasteiger partial charge in [-0.15, -0.1) is 0 Å². The van der Waals surface area contributed by atoms with E-state index in [1.165, 1.54) is 16.7 Å². The number of aromatic amines is 1. The smallest absolute Gasteiger partial charge is 0.319 e. The van der Waals surface area contributed by atoms with E-state index < -0.39 is 23.1 Å². The van der Waals surface area contributed by atoms with E-state index in [1.54, 1.807) is 12.3 Å². The lowest BCUT2D eigenvalue weighted by Crippen LogP contribution is -2.11. The summed E-state index contributed by atoms with van der Waals surface area (Å²) in [6.45, 7) is 0. The van der Waals surface area contributed by atoms with Crippen LogP contribution in [0.15, 0.2) is 41.5 Å². The number of hydrogen-bond acceptors (Lipinski definition) is 1. The van der Waals surface area contributed by atoms with Crippen molar-refractivity contribution in [3.8, 4) is 11.3 Å². The second kappa shape index (κ2) is 5.11. The summed E-state index contributed by atoms with van der Waals surface area (Å²) in [7, 11) is 0. The van der Waals surface area contributed by atoms with Gasteiger partial charge >= 0.3 is 6.18 Å². The molecule has 3 aromatic rings. The molecule has 0 radical (unpaired) electrons. The molecule has 0 bridgehead atoms. The Hall–Kier alpha value is -1.84. The van der Waals surface area contributed by atoms with Crippen molar-refractivity contribution in [3.05, 3.63) is 62.0 Å². The molecule has 8 heteroatoms. The van der Waals surface area contributed by atoms with Crippen molar-refractivity contribution in [2.24, 2.45) is 0 Å². The van der Waals surface area contributed by atoms with Crippen LogP contribution in [0.1, 0.15) is 5.56 Å². The molecular formula is C14H7F4IN2O. The predicted octanol–water partition coefficient (Wildman–Crippen LogP) is 4.06. The molecule has 2 heterocycles. The van der Waals surface area contributed by atoms with Gasteiger partial charge in [-0.25, -0.2) is 4.39 Å². The van der Waals surface area contributed by atoms with Gasteiger partial charge in [0.05, 0.1) is 11.3 Å². The molecule has 2 aromatic heterocycles. The van der Waals surface area contributed by atoms with E-state index >= 15 is 0 Å². The number of nitrogens with one attached hydrogen (secondary N) is 1. The highest BCUT2D eigenvalue weighted by molar-refractivity contribution is 14.1. The SMILES string of the molecule is O=c1[nH]c(-c2ccc(F)c(C(F)(F)F)c2)cn2cc(I)cc12. The Balaban J connectivity index is 2.21. The number of H-pyrrole nitrogens is 1. The maximum atomic E-state index is 13.3. The minimum Gasteiger partial charge on any atom is -0.319 e. The van der Waals surface area contributed by atoms with Gasteiger partial charge in [0.2, 0.25) is 0 Å². The van der Waals surface area contributed by atoms with E-state index in [2.05, 4.69) is 4.98 Å². The average molecular weight is 422 g/mol. The van der Waals surface area contributed by atoms with Crippen molar-refractivity contribution in [2.75, 3.05) is 0 Å². The lowest BCUT2D eigenvalue weighted by molar-refractivity contribution is -0.139. The first-order valence-electron chi connectivity index (χ1n) is 6.03. The van der Waals surface area contributed by atoms with Crippen molar-refractivity contribution < 1.29 is 17.6 Å². The van der Waals surface area contributed by atoms with Crippen LogP contribution in [0.5, 0.6) is 0 Å². The molecule has 114 valence electrons. The zero-order valence-electron chi connectivity index (χ0n) is 10.7. The van der Waals surface area contributed by atoms with Crippen molar-refractivity contribution in [1.29, 1.82) is 0 Å². The Labute approximate surface area is 134 Å². The highest BCUT2D eigenvalue weighted by Gasteiger charge is 2.34.